The van der Waals surface area contributed by atoms with Gasteiger partial charge in [0.15, 0.2) is 0 Å². The standard InChI is InChI=1S/C8H7FO4S/c1-7(9)12-14(10,11)13-8-5-3-2-4-6-8/h2-6H,1H2. The first-order valence-corrected chi connectivity index (χ1v) is 4.86. The molecule has 14 heavy (non-hydrogen) atoms. The van der Waals surface area contributed by atoms with Crippen molar-refractivity contribution in [3.63, 3.8) is 0 Å². The lowest BCUT2D eigenvalue weighted by atomic mass is 10.3. The van der Waals surface area contributed by atoms with E-state index in [2.05, 4.69) is 14.9 Å². The number of para-hydroxylation sites is 1. The summed E-state index contributed by atoms with van der Waals surface area (Å²) in [4.78, 5) is 0. The Morgan fingerprint density at radius 3 is 2.36 bits per heavy atom. The Morgan fingerprint density at radius 1 is 1.29 bits per heavy atom. The monoisotopic (exact) mass is 218 g/mol. The highest BCUT2D eigenvalue weighted by Crippen LogP contribution is 2.13. The zero-order valence-corrected chi connectivity index (χ0v) is 7.83. The summed E-state index contributed by atoms with van der Waals surface area (Å²) in [5.41, 5.74) is 0. The van der Waals surface area contributed by atoms with Gasteiger partial charge in [0.05, 0.1) is 0 Å². The minimum absolute atomic E-state index is 0.0359. The zero-order chi connectivity index (χ0) is 10.6. The Bertz CT molecular complexity index is 412. The smallest absolute Gasteiger partial charge is 0.353 e. The number of halogens is 1. The van der Waals surface area contributed by atoms with Crippen LogP contribution in [0.4, 0.5) is 4.39 Å². The van der Waals surface area contributed by atoms with Gasteiger partial charge in [0.2, 0.25) is 0 Å². The largest absolute Gasteiger partial charge is 0.503 e. The van der Waals surface area contributed by atoms with Gasteiger partial charge in [-0.3, -0.25) is 0 Å². The normalized spacial score (nSPS) is 10.6. The molecule has 0 radical (unpaired) electrons. The number of rotatable bonds is 4. The third-order valence-corrected chi connectivity index (χ3v) is 1.92. The Balaban J connectivity index is 2.74. The van der Waals surface area contributed by atoms with E-state index >= 15 is 0 Å². The first-order chi connectivity index (χ1) is 6.49. The molecule has 1 aromatic carbocycles. The molecule has 0 unspecified atom stereocenters. The van der Waals surface area contributed by atoms with Crippen LogP contribution < -0.4 is 4.18 Å². The zero-order valence-electron chi connectivity index (χ0n) is 7.01. The molecule has 0 N–H and O–H groups in total. The van der Waals surface area contributed by atoms with Gasteiger partial charge in [0.1, 0.15) is 5.75 Å². The summed E-state index contributed by atoms with van der Waals surface area (Å²) in [5.74, 6) is 0.0359. The highest BCUT2D eigenvalue weighted by Gasteiger charge is 2.15. The topological polar surface area (TPSA) is 52.6 Å². The Labute approximate surface area is 80.9 Å². The van der Waals surface area contributed by atoms with Crippen LogP contribution in [0.15, 0.2) is 42.9 Å². The van der Waals surface area contributed by atoms with Crippen molar-refractivity contribution < 1.29 is 21.2 Å². The van der Waals surface area contributed by atoms with Crippen molar-refractivity contribution in [3.05, 3.63) is 42.9 Å². The van der Waals surface area contributed by atoms with Crippen LogP contribution in [0, 0.1) is 0 Å². The second kappa shape index (κ2) is 4.10. The second-order valence-corrected chi connectivity index (χ2v) is 3.39. The van der Waals surface area contributed by atoms with Gasteiger partial charge >= 0.3 is 10.4 Å². The summed E-state index contributed by atoms with van der Waals surface area (Å²) < 4.78 is 41.8. The summed E-state index contributed by atoms with van der Waals surface area (Å²) in [5, 5.41) is 0. The van der Waals surface area contributed by atoms with Gasteiger partial charge in [-0.2, -0.15) is 4.39 Å². The lowest BCUT2D eigenvalue weighted by molar-refractivity contribution is 0.271. The summed E-state index contributed by atoms with van der Waals surface area (Å²) >= 11 is 0. The predicted molar refractivity (Wildman–Crippen MR) is 47.3 cm³/mol. The lowest BCUT2D eigenvalue weighted by Crippen LogP contribution is -2.11. The molecule has 1 rings (SSSR count). The van der Waals surface area contributed by atoms with Crippen LogP contribution >= 0.6 is 0 Å². The van der Waals surface area contributed by atoms with E-state index in [4.69, 9.17) is 0 Å². The van der Waals surface area contributed by atoms with Gasteiger partial charge in [-0.05, 0) is 18.7 Å². The van der Waals surface area contributed by atoms with Crippen molar-refractivity contribution in [2.75, 3.05) is 0 Å². The maximum absolute atomic E-state index is 12.0. The van der Waals surface area contributed by atoms with Crippen LogP contribution in [0.3, 0.4) is 0 Å². The molecule has 4 nitrogen and oxygen atoms in total. The van der Waals surface area contributed by atoms with Gasteiger partial charge in [0, 0.05) is 0 Å². The van der Waals surface area contributed by atoms with Crippen molar-refractivity contribution >= 4 is 10.4 Å². The molecule has 0 saturated carbocycles. The molecule has 0 aliphatic carbocycles. The van der Waals surface area contributed by atoms with E-state index in [-0.39, 0.29) is 5.75 Å². The third-order valence-electron chi connectivity index (χ3n) is 1.13. The molecule has 6 heteroatoms. The SMILES string of the molecule is C=C(F)OS(=O)(=O)Oc1ccccc1. The lowest BCUT2D eigenvalue weighted by Gasteiger charge is -2.04. The first-order valence-electron chi connectivity index (χ1n) is 3.53. The molecular weight excluding hydrogens is 211 g/mol. The molecule has 0 aliphatic rings. The van der Waals surface area contributed by atoms with E-state index in [0.717, 1.165) is 0 Å². The summed E-state index contributed by atoms with van der Waals surface area (Å²) in [7, 11) is -4.41. The first kappa shape index (κ1) is 10.5. The van der Waals surface area contributed by atoms with Gasteiger partial charge in [-0.25, -0.2) is 0 Å². The fraction of sp³-hybridized carbons (Fsp3) is 0. The van der Waals surface area contributed by atoms with E-state index in [1.165, 1.54) is 12.1 Å². The highest BCUT2D eigenvalue weighted by atomic mass is 32.3. The molecule has 76 valence electrons. The highest BCUT2D eigenvalue weighted by molar-refractivity contribution is 7.82. The van der Waals surface area contributed by atoms with Crippen molar-refractivity contribution in [1.29, 1.82) is 0 Å². The number of hydrogen-bond donors (Lipinski definition) is 0. The molecular formula is C8H7FO4S. The Morgan fingerprint density at radius 2 is 1.86 bits per heavy atom. The van der Waals surface area contributed by atoms with Crippen LogP contribution in [0.2, 0.25) is 0 Å². The van der Waals surface area contributed by atoms with Crippen molar-refractivity contribution in [1.82, 2.24) is 0 Å². The minimum Gasteiger partial charge on any atom is -0.353 e. The molecule has 0 aromatic heterocycles. The van der Waals surface area contributed by atoms with E-state index < -0.39 is 16.4 Å². The van der Waals surface area contributed by atoms with Crippen LogP contribution in [0.25, 0.3) is 0 Å². The fourth-order valence-corrected chi connectivity index (χ4v) is 1.32. The number of benzene rings is 1. The maximum atomic E-state index is 12.0. The average molecular weight is 218 g/mol. The van der Waals surface area contributed by atoms with E-state index in [9.17, 15) is 12.8 Å². The molecule has 0 atom stereocenters. The Hall–Kier alpha value is -1.56. The average Bonchev–Trinajstić information content (AvgIpc) is 2.02. The molecule has 1 aromatic rings. The summed E-state index contributed by atoms with van der Waals surface area (Å²) in [6.45, 7) is 2.63. The fourth-order valence-electron chi connectivity index (χ4n) is 0.722. The van der Waals surface area contributed by atoms with Crippen LogP contribution in [-0.4, -0.2) is 8.42 Å². The van der Waals surface area contributed by atoms with Crippen LogP contribution in [0.1, 0.15) is 0 Å². The molecule has 0 aliphatic heterocycles. The molecule has 0 saturated heterocycles. The summed E-state index contributed by atoms with van der Waals surface area (Å²) in [6, 6.07) is 6.14. The third kappa shape index (κ3) is 3.44. The quantitative estimate of drug-likeness (QED) is 0.722. The second-order valence-electron chi connectivity index (χ2n) is 2.24. The molecule has 0 spiro atoms. The van der Waals surface area contributed by atoms with Gasteiger partial charge in [-0.15, -0.1) is 8.42 Å². The molecule has 0 fully saturated rings. The summed E-state index contributed by atoms with van der Waals surface area (Å²) in [6.07, 6.45) is 0. The molecule has 0 bridgehead atoms. The van der Waals surface area contributed by atoms with E-state index in [1.54, 1.807) is 18.2 Å². The molecule has 0 amide bonds. The minimum atomic E-state index is -4.41. The van der Waals surface area contributed by atoms with Gasteiger partial charge in [0.25, 0.3) is 6.01 Å². The van der Waals surface area contributed by atoms with Crippen molar-refractivity contribution in [3.8, 4) is 5.75 Å². The van der Waals surface area contributed by atoms with E-state index in [0.29, 0.717) is 0 Å². The van der Waals surface area contributed by atoms with Crippen LogP contribution in [-0.2, 0) is 14.6 Å². The van der Waals surface area contributed by atoms with E-state index in [1.807, 2.05) is 0 Å². The molecule has 0 heterocycles. The Kier molecular flexibility index (Phi) is 3.08. The van der Waals surface area contributed by atoms with Crippen molar-refractivity contribution in [2.24, 2.45) is 0 Å². The van der Waals surface area contributed by atoms with Crippen LogP contribution in [0.5, 0.6) is 5.75 Å². The number of hydrogen-bond acceptors (Lipinski definition) is 4. The van der Waals surface area contributed by atoms with Gasteiger partial charge in [-0.1, -0.05) is 18.2 Å². The van der Waals surface area contributed by atoms with Crippen molar-refractivity contribution in [2.45, 2.75) is 0 Å². The van der Waals surface area contributed by atoms with Gasteiger partial charge < -0.3 is 8.37 Å². The predicted octanol–water partition coefficient (Wildman–Crippen LogP) is 1.77. The maximum Gasteiger partial charge on any atom is 0.503 e.